The van der Waals surface area contributed by atoms with Gasteiger partial charge in [-0.3, -0.25) is 0 Å². The summed E-state index contributed by atoms with van der Waals surface area (Å²) in [5, 5.41) is 7.37. The smallest absolute Gasteiger partial charge is 0.136 e. The topological polar surface area (TPSA) is 16.4 Å². The number of thiophene rings is 1. The summed E-state index contributed by atoms with van der Waals surface area (Å²) in [6.45, 7) is 0. The normalized spacial score (nSPS) is 11.7. The van der Waals surface area contributed by atoms with Gasteiger partial charge in [0.15, 0.2) is 0 Å². The lowest BCUT2D eigenvalue weighted by Crippen LogP contribution is -2.10. The van der Waals surface area contributed by atoms with E-state index in [1.165, 1.54) is 47.8 Å². The Bertz CT molecular complexity index is 2840. The second-order valence-electron chi connectivity index (χ2n) is 12.6. The van der Waals surface area contributed by atoms with Crippen molar-refractivity contribution in [2.75, 3.05) is 4.90 Å². The molecule has 0 radical (unpaired) electrons. The average molecular weight is 644 g/mol. The Morgan fingerprint density at radius 3 is 1.98 bits per heavy atom. The number of rotatable bonds is 5. The van der Waals surface area contributed by atoms with Crippen LogP contribution in [0.1, 0.15) is 0 Å². The molecule has 0 bridgehead atoms. The maximum Gasteiger partial charge on any atom is 0.136 e. The number of furan rings is 1. The number of para-hydroxylation sites is 1. The second-order valence-corrected chi connectivity index (χ2v) is 13.6. The van der Waals surface area contributed by atoms with Crippen molar-refractivity contribution in [2.45, 2.75) is 0 Å². The third kappa shape index (κ3) is 4.70. The molecule has 3 heteroatoms. The Morgan fingerprint density at radius 2 is 1.06 bits per heavy atom. The van der Waals surface area contributed by atoms with Gasteiger partial charge in [-0.15, -0.1) is 11.3 Å². The molecule has 230 valence electrons. The zero-order chi connectivity index (χ0) is 32.3. The van der Waals surface area contributed by atoms with Gasteiger partial charge in [0.1, 0.15) is 11.2 Å². The lowest BCUT2D eigenvalue weighted by atomic mass is 10.00. The van der Waals surface area contributed by atoms with E-state index in [1.54, 1.807) is 0 Å². The van der Waals surface area contributed by atoms with Crippen LogP contribution in [0.25, 0.3) is 75.1 Å². The van der Waals surface area contributed by atoms with E-state index in [2.05, 4.69) is 169 Å². The number of fused-ring (bicyclic) bond motifs is 7. The highest BCUT2D eigenvalue weighted by Crippen LogP contribution is 2.45. The minimum atomic E-state index is 0.909. The average Bonchev–Trinajstić information content (AvgIpc) is 3.74. The number of hydrogen-bond acceptors (Lipinski definition) is 3. The van der Waals surface area contributed by atoms with E-state index in [4.69, 9.17) is 4.42 Å². The van der Waals surface area contributed by atoms with Gasteiger partial charge >= 0.3 is 0 Å². The molecule has 0 amide bonds. The van der Waals surface area contributed by atoms with E-state index < -0.39 is 0 Å². The summed E-state index contributed by atoms with van der Waals surface area (Å²) in [4.78, 5) is 2.41. The molecule has 0 saturated carbocycles. The molecule has 0 spiro atoms. The monoisotopic (exact) mass is 643 g/mol. The van der Waals surface area contributed by atoms with Crippen LogP contribution in [0, 0.1) is 0 Å². The van der Waals surface area contributed by atoms with Gasteiger partial charge in [-0.2, -0.15) is 0 Å². The maximum atomic E-state index is 6.22. The first-order chi connectivity index (χ1) is 24.3. The Kier molecular flexibility index (Phi) is 6.39. The number of nitrogens with zero attached hydrogens (tertiary/aromatic N) is 1. The molecule has 0 N–H and O–H groups in total. The van der Waals surface area contributed by atoms with Crippen molar-refractivity contribution < 1.29 is 4.42 Å². The molecule has 0 aliphatic rings. The highest BCUT2D eigenvalue weighted by molar-refractivity contribution is 7.26. The lowest BCUT2D eigenvalue weighted by molar-refractivity contribution is 0.669. The van der Waals surface area contributed by atoms with Crippen LogP contribution in [0.5, 0.6) is 0 Å². The first kappa shape index (κ1) is 27.9. The van der Waals surface area contributed by atoms with E-state index in [1.807, 2.05) is 23.5 Å². The zero-order valence-electron chi connectivity index (χ0n) is 26.5. The van der Waals surface area contributed by atoms with Crippen LogP contribution in [-0.4, -0.2) is 0 Å². The van der Waals surface area contributed by atoms with Gasteiger partial charge in [-0.1, -0.05) is 115 Å². The molecule has 2 aromatic heterocycles. The number of anilines is 3. The SMILES string of the molecule is c1cc(-c2ccc3ccccc3c2)cc(N(c2ccc(-c3ccc4c(c3)oc3ccccc34)cc2)c2cccc3c2sc2ccccc23)c1. The highest BCUT2D eigenvalue weighted by Gasteiger charge is 2.19. The van der Waals surface area contributed by atoms with Crippen molar-refractivity contribution in [3.05, 3.63) is 176 Å². The van der Waals surface area contributed by atoms with Crippen LogP contribution in [0.2, 0.25) is 0 Å². The first-order valence-corrected chi connectivity index (χ1v) is 17.4. The first-order valence-electron chi connectivity index (χ1n) is 16.6. The predicted molar refractivity (Wildman–Crippen MR) is 210 cm³/mol. The fourth-order valence-electron chi connectivity index (χ4n) is 7.24. The molecule has 0 unspecified atom stereocenters. The number of benzene rings is 8. The van der Waals surface area contributed by atoms with Gasteiger partial charge in [0.2, 0.25) is 0 Å². The molecule has 8 aromatic carbocycles. The summed E-state index contributed by atoms with van der Waals surface area (Å²) >= 11 is 1.86. The Balaban J connectivity index is 1.12. The molecule has 0 saturated heterocycles. The third-order valence-corrected chi connectivity index (χ3v) is 10.9. The van der Waals surface area contributed by atoms with Gasteiger partial charge in [0, 0.05) is 37.6 Å². The summed E-state index contributed by atoms with van der Waals surface area (Å²) in [5.74, 6) is 0. The van der Waals surface area contributed by atoms with Crippen LogP contribution >= 0.6 is 11.3 Å². The molecule has 2 heterocycles. The molecule has 2 nitrogen and oxygen atoms in total. The van der Waals surface area contributed by atoms with E-state index in [0.717, 1.165) is 44.4 Å². The highest BCUT2D eigenvalue weighted by atomic mass is 32.1. The van der Waals surface area contributed by atoms with E-state index >= 15 is 0 Å². The molecule has 0 atom stereocenters. The van der Waals surface area contributed by atoms with Crippen molar-refractivity contribution in [3.63, 3.8) is 0 Å². The quantitative estimate of drug-likeness (QED) is 0.186. The molecule has 0 aliphatic heterocycles. The molecule has 10 aromatic rings. The van der Waals surface area contributed by atoms with Crippen molar-refractivity contribution in [1.29, 1.82) is 0 Å². The van der Waals surface area contributed by atoms with Crippen molar-refractivity contribution in [1.82, 2.24) is 0 Å². The van der Waals surface area contributed by atoms with Crippen LogP contribution in [0.4, 0.5) is 17.1 Å². The van der Waals surface area contributed by atoms with Crippen LogP contribution in [-0.2, 0) is 0 Å². The predicted octanol–water partition coefficient (Wildman–Crippen LogP) is 13.9. The second kappa shape index (κ2) is 11.2. The minimum absolute atomic E-state index is 0.909. The van der Waals surface area contributed by atoms with Crippen molar-refractivity contribution in [3.8, 4) is 22.3 Å². The lowest BCUT2D eigenvalue weighted by Gasteiger charge is -2.27. The Hall–Kier alpha value is -6.16. The van der Waals surface area contributed by atoms with E-state index in [9.17, 15) is 0 Å². The van der Waals surface area contributed by atoms with Crippen LogP contribution < -0.4 is 4.90 Å². The fourth-order valence-corrected chi connectivity index (χ4v) is 8.44. The van der Waals surface area contributed by atoms with E-state index in [0.29, 0.717) is 0 Å². The Morgan fingerprint density at radius 1 is 0.388 bits per heavy atom. The van der Waals surface area contributed by atoms with Gasteiger partial charge in [0.05, 0.1) is 10.4 Å². The molecule has 0 fully saturated rings. The molecular weight excluding hydrogens is 615 g/mol. The number of hydrogen-bond donors (Lipinski definition) is 0. The van der Waals surface area contributed by atoms with Gasteiger partial charge in [-0.05, 0) is 93.7 Å². The van der Waals surface area contributed by atoms with Crippen LogP contribution in [0.15, 0.2) is 180 Å². The van der Waals surface area contributed by atoms with Crippen LogP contribution in [0.3, 0.4) is 0 Å². The fraction of sp³-hybridized carbons (Fsp3) is 0. The maximum absolute atomic E-state index is 6.22. The van der Waals surface area contributed by atoms with Crippen molar-refractivity contribution >= 4 is 81.3 Å². The third-order valence-electron chi connectivity index (χ3n) is 9.65. The zero-order valence-corrected chi connectivity index (χ0v) is 27.3. The summed E-state index contributed by atoms with van der Waals surface area (Å²) in [6.07, 6.45) is 0. The standard InChI is InChI=1S/C46H29NOS/c1-2-10-32-27-34(20-19-30(32)9-1)33-11-7-12-37(28-33)47(42-16-8-15-41-40-14-4-6-18-45(40)49-46(41)42)36-24-21-31(22-25-36)35-23-26-39-38-13-3-5-17-43(38)48-44(39)29-35/h1-29H. The summed E-state index contributed by atoms with van der Waals surface area (Å²) in [6, 6.07) is 63.3. The van der Waals surface area contributed by atoms with Gasteiger partial charge < -0.3 is 9.32 Å². The summed E-state index contributed by atoms with van der Waals surface area (Å²) < 4.78 is 8.80. The Labute approximate surface area is 287 Å². The molecule has 10 rings (SSSR count). The van der Waals surface area contributed by atoms with Gasteiger partial charge in [0.25, 0.3) is 0 Å². The van der Waals surface area contributed by atoms with E-state index in [-0.39, 0.29) is 0 Å². The van der Waals surface area contributed by atoms with Crippen molar-refractivity contribution in [2.24, 2.45) is 0 Å². The molecular formula is C46H29NOS. The molecule has 49 heavy (non-hydrogen) atoms. The van der Waals surface area contributed by atoms with Gasteiger partial charge in [-0.25, -0.2) is 0 Å². The summed E-state index contributed by atoms with van der Waals surface area (Å²) in [5.41, 5.74) is 9.90. The largest absolute Gasteiger partial charge is 0.456 e. The minimum Gasteiger partial charge on any atom is -0.456 e. The summed E-state index contributed by atoms with van der Waals surface area (Å²) in [7, 11) is 0. The molecule has 0 aliphatic carbocycles.